The SMILES string of the molecule is CCC(C)[C@@H]1NC(=O)[C@H](Cc2cn(OC)c3ccccc23)NC(=O)[C@H](CCCCCNCC(=O)O)CC(=O)[C@H]2CCCCN2C1=O. The van der Waals surface area contributed by atoms with Crippen molar-refractivity contribution in [3.63, 3.8) is 0 Å². The van der Waals surface area contributed by atoms with E-state index in [2.05, 4.69) is 16.0 Å². The van der Waals surface area contributed by atoms with E-state index in [1.165, 1.54) is 0 Å². The highest BCUT2D eigenvalue weighted by molar-refractivity contribution is 5.98. The molecule has 0 radical (unpaired) electrons. The smallest absolute Gasteiger partial charge is 0.317 e. The zero-order chi connectivity index (χ0) is 33.2. The van der Waals surface area contributed by atoms with Crippen molar-refractivity contribution in [2.24, 2.45) is 11.8 Å². The summed E-state index contributed by atoms with van der Waals surface area (Å²) in [6, 6.07) is 5.21. The summed E-state index contributed by atoms with van der Waals surface area (Å²) in [5.41, 5.74) is 1.62. The van der Waals surface area contributed by atoms with Crippen LogP contribution < -0.4 is 20.8 Å². The molecule has 1 aromatic heterocycles. The highest BCUT2D eigenvalue weighted by Gasteiger charge is 2.40. The van der Waals surface area contributed by atoms with E-state index in [1.54, 1.807) is 22.9 Å². The standard InChI is InChI=1S/C34H49N5O7/c1-4-22(2)31-34(45)38-17-11-9-15-28(38)29(40)19-23(12-6-5-10-16-35-20-30(41)42)32(43)36-26(33(44)37-31)18-24-21-39(46-3)27-14-8-7-13-25(24)27/h7-8,13-14,21-23,26,28,31,35H,4-6,9-12,15-20H2,1-3H3,(H,36,43)(H,37,44)(H,41,42)/t22?,23-,26+,28-,31+/m1/s1. The minimum atomic E-state index is -0.989. The average molecular weight is 640 g/mol. The summed E-state index contributed by atoms with van der Waals surface area (Å²) >= 11 is 0. The Balaban J connectivity index is 1.63. The molecule has 2 saturated heterocycles. The molecule has 4 rings (SSSR count). The van der Waals surface area contributed by atoms with Crippen LogP contribution in [0.4, 0.5) is 0 Å². The second kappa shape index (κ2) is 16.6. The summed E-state index contributed by atoms with van der Waals surface area (Å²) in [7, 11) is 1.56. The third-order valence-electron chi connectivity index (χ3n) is 9.45. The Morgan fingerprint density at radius 1 is 1.09 bits per heavy atom. The number of rotatable bonds is 13. The number of benzene rings is 1. The second-order valence-corrected chi connectivity index (χ2v) is 12.6. The van der Waals surface area contributed by atoms with Crippen molar-refractivity contribution < 1.29 is 33.9 Å². The average Bonchev–Trinajstić information content (AvgIpc) is 3.41. The lowest BCUT2D eigenvalue weighted by molar-refractivity contribution is -0.147. The lowest BCUT2D eigenvalue weighted by Crippen LogP contribution is -2.61. The Morgan fingerprint density at radius 3 is 2.61 bits per heavy atom. The summed E-state index contributed by atoms with van der Waals surface area (Å²) in [6.07, 6.45) is 7.31. The number of hydrogen-bond donors (Lipinski definition) is 4. The van der Waals surface area contributed by atoms with Crippen LogP contribution in [-0.2, 0) is 30.4 Å². The lowest BCUT2D eigenvalue weighted by atomic mass is 9.87. The van der Waals surface area contributed by atoms with E-state index in [0.717, 1.165) is 42.1 Å². The van der Waals surface area contributed by atoms with Gasteiger partial charge in [0.05, 0.1) is 18.1 Å². The van der Waals surface area contributed by atoms with Gasteiger partial charge in [0.25, 0.3) is 0 Å². The number of carboxylic acids is 1. The zero-order valence-electron chi connectivity index (χ0n) is 27.3. The monoisotopic (exact) mass is 639 g/mol. The van der Waals surface area contributed by atoms with Gasteiger partial charge in [0.15, 0.2) is 5.78 Å². The number of piperidine rings is 1. The first kappa shape index (κ1) is 34.9. The van der Waals surface area contributed by atoms with E-state index < -0.39 is 35.9 Å². The Morgan fingerprint density at radius 2 is 1.87 bits per heavy atom. The Bertz CT molecular complexity index is 1390. The molecule has 1 aromatic carbocycles. The molecule has 0 saturated carbocycles. The largest absolute Gasteiger partial charge is 0.480 e. The number of carbonyl (C=O) groups is 5. The van der Waals surface area contributed by atoms with Crippen LogP contribution in [0, 0.1) is 11.8 Å². The number of nitrogens with one attached hydrogen (secondary N) is 3. The van der Waals surface area contributed by atoms with Crippen molar-refractivity contribution in [3.8, 4) is 0 Å². The number of carbonyl (C=O) groups excluding carboxylic acids is 4. The fourth-order valence-electron chi connectivity index (χ4n) is 6.61. The molecule has 3 amide bonds. The van der Waals surface area contributed by atoms with Crippen LogP contribution in [0.25, 0.3) is 10.9 Å². The molecule has 3 heterocycles. The first-order valence-corrected chi connectivity index (χ1v) is 16.6. The number of amides is 3. The molecule has 2 aliphatic heterocycles. The highest BCUT2D eigenvalue weighted by Crippen LogP contribution is 2.27. The molecule has 1 unspecified atom stereocenters. The first-order valence-electron chi connectivity index (χ1n) is 16.6. The zero-order valence-corrected chi connectivity index (χ0v) is 27.3. The maximum absolute atomic E-state index is 14.1. The summed E-state index contributed by atoms with van der Waals surface area (Å²) in [6.45, 7) is 4.75. The van der Waals surface area contributed by atoms with Crippen molar-refractivity contribution >= 4 is 40.4 Å². The molecule has 252 valence electrons. The summed E-state index contributed by atoms with van der Waals surface area (Å²) in [5, 5.41) is 18.5. The van der Waals surface area contributed by atoms with Crippen LogP contribution in [-0.4, -0.2) is 89.1 Å². The van der Waals surface area contributed by atoms with E-state index >= 15 is 0 Å². The molecule has 0 aliphatic carbocycles. The third-order valence-corrected chi connectivity index (χ3v) is 9.45. The number of Topliss-reactive ketones (excluding diaryl/α,β-unsaturated/α-hetero) is 1. The molecule has 46 heavy (non-hydrogen) atoms. The maximum atomic E-state index is 14.1. The molecule has 2 aliphatic rings. The number of aliphatic carboxylic acids is 1. The maximum Gasteiger partial charge on any atom is 0.317 e. The van der Waals surface area contributed by atoms with E-state index in [1.807, 2.05) is 38.1 Å². The minimum absolute atomic E-state index is 0.0110. The molecule has 4 N–H and O–H groups in total. The fourth-order valence-corrected chi connectivity index (χ4v) is 6.61. The quantitative estimate of drug-likeness (QED) is 0.243. The Kier molecular flexibility index (Phi) is 12.6. The molecule has 12 nitrogen and oxygen atoms in total. The first-order chi connectivity index (χ1) is 22.1. The Hall–Kier alpha value is -3.93. The minimum Gasteiger partial charge on any atom is -0.480 e. The molecular weight excluding hydrogens is 590 g/mol. The van der Waals surface area contributed by atoms with Gasteiger partial charge in [0.1, 0.15) is 19.2 Å². The van der Waals surface area contributed by atoms with E-state index in [4.69, 9.17) is 9.94 Å². The summed E-state index contributed by atoms with van der Waals surface area (Å²) < 4.78 is 1.62. The van der Waals surface area contributed by atoms with Crippen molar-refractivity contribution in [3.05, 3.63) is 36.0 Å². The van der Waals surface area contributed by atoms with Crippen LogP contribution in [0.2, 0.25) is 0 Å². The van der Waals surface area contributed by atoms with E-state index in [-0.39, 0.29) is 42.9 Å². The van der Waals surface area contributed by atoms with Gasteiger partial charge in [-0.2, -0.15) is 4.73 Å². The van der Waals surface area contributed by atoms with Crippen LogP contribution in [0.15, 0.2) is 30.5 Å². The highest BCUT2D eigenvalue weighted by atomic mass is 16.6. The number of carboxylic acid groups (broad SMARTS) is 1. The molecular formula is C34H49N5O7. The molecule has 0 spiro atoms. The van der Waals surface area contributed by atoms with Crippen molar-refractivity contribution in [1.29, 1.82) is 0 Å². The third kappa shape index (κ3) is 8.65. The predicted molar refractivity (Wildman–Crippen MR) is 173 cm³/mol. The van der Waals surface area contributed by atoms with Gasteiger partial charge in [0, 0.05) is 36.9 Å². The van der Waals surface area contributed by atoms with Crippen LogP contribution in [0.5, 0.6) is 0 Å². The number of fused-ring (bicyclic) bond motifs is 2. The van der Waals surface area contributed by atoms with Crippen LogP contribution >= 0.6 is 0 Å². The summed E-state index contributed by atoms with van der Waals surface area (Å²) in [5.74, 6) is -2.93. The van der Waals surface area contributed by atoms with Gasteiger partial charge in [0.2, 0.25) is 17.7 Å². The molecule has 5 atom stereocenters. The van der Waals surface area contributed by atoms with Crippen LogP contribution in [0.1, 0.15) is 77.2 Å². The van der Waals surface area contributed by atoms with Gasteiger partial charge in [-0.25, -0.2) is 0 Å². The Labute approximate surface area is 270 Å². The number of nitrogens with zero attached hydrogens (tertiary/aromatic N) is 2. The molecule has 12 heteroatoms. The topological polar surface area (TPSA) is 159 Å². The van der Waals surface area contributed by atoms with E-state index in [9.17, 15) is 24.0 Å². The fraction of sp³-hybridized carbons (Fsp3) is 0.618. The number of para-hydroxylation sites is 1. The van der Waals surface area contributed by atoms with Gasteiger partial charge in [-0.15, -0.1) is 0 Å². The van der Waals surface area contributed by atoms with Gasteiger partial charge < -0.3 is 30.8 Å². The number of hydrogen-bond acceptors (Lipinski definition) is 7. The van der Waals surface area contributed by atoms with Gasteiger partial charge in [-0.3, -0.25) is 24.0 Å². The van der Waals surface area contributed by atoms with Crippen LogP contribution in [0.3, 0.4) is 0 Å². The number of aromatic nitrogens is 1. The number of unbranched alkanes of at least 4 members (excludes halogenated alkanes) is 2. The van der Waals surface area contributed by atoms with Crippen molar-refractivity contribution in [2.75, 3.05) is 26.7 Å². The van der Waals surface area contributed by atoms with Gasteiger partial charge in [-0.1, -0.05) is 51.3 Å². The molecule has 2 fully saturated rings. The molecule has 0 bridgehead atoms. The second-order valence-electron chi connectivity index (χ2n) is 12.6. The normalized spacial score (nSPS) is 23.6. The summed E-state index contributed by atoms with van der Waals surface area (Å²) in [4.78, 5) is 73.8. The predicted octanol–water partition coefficient (Wildman–Crippen LogP) is 2.46. The lowest BCUT2D eigenvalue weighted by Gasteiger charge is -2.39. The number of ketones is 1. The van der Waals surface area contributed by atoms with Crippen molar-refractivity contribution in [1.82, 2.24) is 25.6 Å². The van der Waals surface area contributed by atoms with E-state index in [0.29, 0.717) is 38.8 Å². The van der Waals surface area contributed by atoms with Crippen molar-refractivity contribution in [2.45, 2.75) is 96.2 Å². The van der Waals surface area contributed by atoms with Gasteiger partial charge in [-0.05, 0) is 56.2 Å². The van der Waals surface area contributed by atoms with Gasteiger partial charge >= 0.3 is 5.97 Å². The molecule has 2 aromatic rings.